The average Bonchev–Trinajstić information content (AvgIpc) is 2.46. The van der Waals surface area contributed by atoms with Crippen LogP contribution < -0.4 is 15.8 Å². The first-order valence-electron chi connectivity index (χ1n) is 6.02. The van der Waals surface area contributed by atoms with E-state index in [1.165, 1.54) is 0 Å². The molecule has 0 aliphatic carbocycles. The van der Waals surface area contributed by atoms with Gasteiger partial charge in [-0.05, 0) is 24.3 Å². The van der Waals surface area contributed by atoms with Crippen molar-refractivity contribution in [1.29, 1.82) is 5.26 Å². The summed E-state index contributed by atoms with van der Waals surface area (Å²) in [6.45, 7) is 0.965. The van der Waals surface area contributed by atoms with E-state index < -0.39 is 0 Å². The molecule has 2 aromatic rings. The standard InChI is InChI=1S/C15H15N3O/c16-8-9-19-14-6-3-5-13(10-14)18-15-7-2-1-4-12(15)11-17/h1-7,10,18H,8-9,16H2. The Morgan fingerprint density at radius 2 is 2.00 bits per heavy atom. The maximum atomic E-state index is 9.04. The first-order valence-corrected chi connectivity index (χ1v) is 6.02. The maximum absolute atomic E-state index is 9.04. The summed E-state index contributed by atoms with van der Waals surface area (Å²) >= 11 is 0. The number of hydrogen-bond donors (Lipinski definition) is 2. The molecule has 0 aliphatic heterocycles. The number of nitrogens with zero attached hydrogens (tertiary/aromatic N) is 1. The van der Waals surface area contributed by atoms with E-state index in [0.29, 0.717) is 18.7 Å². The van der Waals surface area contributed by atoms with Crippen LogP contribution in [0.4, 0.5) is 11.4 Å². The molecule has 0 atom stereocenters. The zero-order chi connectivity index (χ0) is 13.5. The number of nitriles is 1. The van der Waals surface area contributed by atoms with Crippen molar-refractivity contribution in [2.75, 3.05) is 18.5 Å². The van der Waals surface area contributed by atoms with Crippen molar-refractivity contribution in [3.63, 3.8) is 0 Å². The summed E-state index contributed by atoms with van der Waals surface area (Å²) in [6.07, 6.45) is 0. The lowest BCUT2D eigenvalue weighted by Gasteiger charge is -2.10. The SMILES string of the molecule is N#Cc1ccccc1Nc1cccc(OCCN)c1. The number of benzene rings is 2. The van der Waals surface area contributed by atoms with Gasteiger partial charge < -0.3 is 15.8 Å². The molecule has 0 radical (unpaired) electrons. The summed E-state index contributed by atoms with van der Waals surface area (Å²) < 4.78 is 5.46. The third-order valence-corrected chi connectivity index (χ3v) is 2.55. The minimum atomic E-state index is 0.481. The number of hydrogen-bond acceptors (Lipinski definition) is 4. The third kappa shape index (κ3) is 3.47. The van der Waals surface area contributed by atoms with E-state index in [1.54, 1.807) is 6.07 Å². The third-order valence-electron chi connectivity index (χ3n) is 2.55. The van der Waals surface area contributed by atoms with Crippen LogP contribution in [0.3, 0.4) is 0 Å². The predicted octanol–water partition coefficient (Wildman–Crippen LogP) is 2.64. The summed E-state index contributed by atoms with van der Waals surface area (Å²) in [5.41, 5.74) is 7.66. The van der Waals surface area contributed by atoms with Crippen LogP contribution in [-0.4, -0.2) is 13.2 Å². The molecule has 0 bridgehead atoms. The highest BCUT2D eigenvalue weighted by atomic mass is 16.5. The summed E-state index contributed by atoms with van der Waals surface area (Å²) in [7, 11) is 0. The van der Waals surface area contributed by atoms with E-state index in [4.69, 9.17) is 15.7 Å². The molecule has 0 heterocycles. The highest BCUT2D eigenvalue weighted by Crippen LogP contribution is 2.23. The molecule has 4 heteroatoms. The molecule has 0 amide bonds. The Kier molecular flexibility index (Phi) is 4.38. The lowest BCUT2D eigenvalue weighted by molar-refractivity contribution is 0.328. The van der Waals surface area contributed by atoms with Gasteiger partial charge in [0.25, 0.3) is 0 Å². The highest BCUT2D eigenvalue weighted by molar-refractivity contribution is 5.67. The molecular weight excluding hydrogens is 238 g/mol. The second-order valence-corrected chi connectivity index (χ2v) is 3.95. The average molecular weight is 253 g/mol. The maximum Gasteiger partial charge on any atom is 0.121 e. The molecular formula is C15H15N3O. The van der Waals surface area contributed by atoms with Crippen molar-refractivity contribution in [2.24, 2.45) is 5.73 Å². The number of nitrogens with two attached hydrogens (primary N) is 1. The first-order chi connectivity index (χ1) is 9.33. The van der Waals surface area contributed by atoms with E-state index in [1.807, 2.05) is 42.5 Å². The predicted molar refractivity (Wildman–Crippen MR) is 75.4 cm³/mol. The molecule has 0 saturated heterocycles. The van der Waals surface area contributed by atoms with Gasteiger partial charge in [-0.2, -0.15) is 5.26 Å². The zero-order valence-corrected chi connectivity index (χ0v) is 10.5. The fraction of sp³-hybridized carbons (Fsp3) is 0.133. The lowest BCUT2D eigenvalue weighted by Crippen LogP contribution is -2.10. The second kappa shape index (κ2) is 6.43. The Morgan fingerprint density at radius 3 is 2.79 bits per heavy atom. The monoisotopic (exact) mass is 253 g/mol. The molecule has 0 aromatic heterocycles. The van der Waals surface area contributed by atoms with Gasteiger partial charge in [-0.1, -0.05) is 18.2 Å². The molecule has 0 unspecified atom stereocenters. The summed E-state index contributed by atoms with van der Waals surface area (Å²) in [5, 5.41) is 12.2. The number of nitrogens with one attached hydrogen (secondary N) is 1. The Labute approximate surface area is 112 Å². The summed E-state index contributed by atoms with van der Waals surface area (Å²) in [6, 6.07) is 17.1. The smallest absolute Gasteiger partial charge is 0.121 e. The number of para-hydroxylation sites is 1. The van der Waals surface area contributed by atoms with E-state index in [9.17, 15) is 0 Å². The van der Waals surface area contributed by atoms with Gasteiger partial charge in [-0.15, -0.1) is 0 Å². The number of anilines is 2. The summed E-state index contributed by atoms with van der Waals surface area (Å²) in [4.78, 5) is 0. The molecule has 2 rings (SSSR count). The van der Waals surface area contributed by atoms with Gasteiger partial charge in [-0.25, -0.2) is 0 Å². The van der Waals surface area contributed by atoms with Gasteiger partial charge in [0, 0.05) is 18.3 Å². The normalized spacial score (nSPS) is 9.68. The van der Waals surface area contributed by atoms with E-state index in [0.717, 1.165) is 17.1 Å². The molecule has 2 aromatic carbocycles. The van der Waals surface area contributed by atoms with Crippen molar-refractivity contribution < 1.29 is 4.74 Å². The van der Waals surface area contributed by atoms with Crippen molar-refractivity contribution in [3.8, 4) is 11.8 Å². The number of rotatable bonds is 5. The van der Waals surface area contributed by atoms with Gasteiger partial charge in [0.05, 0.1) is 11.3 Å². The van der Waals surface area contributed by atoms with Crippen LogP contribution in [0.15, 0.2) is 48.5 Å². The molecule has 0 fully saturated rings. The van der Waals surface area contributed by atoms with Gasteiger partial charge >= 0.3 is 0 Å². The Morgan fingerprint density at radius 1 is 1.16 bits per heavy atom. The second-order valence-electron chi connectivity index (χ2n) is 3.95. The quantitative estimate of drug-likeness (QED) is 0.859. The Bertz CT molecular complexity index is 590. The van der Waals surface area contributed by atoms with Crippen LogP contribution in [0, 0.1) is 11.3 Å². The van der Waals surface area contributed by atoms with Crippen LogP contribution in [0.1, 0.15) is 5.56 Å². The van der Waals surface area contributed by atoms with Gasteiger partial charge in [0.1, 0.15) is 18.4 Å². The Balaban J connectivity index is 2.17. The fourth-order valence-corrected chi connectivity index (χ4v) is 1.69. The van der Waals surface area contributed by atoms with Gasteiger partial charge in [0.15, 0.2) is 0 Å². The molecule has 0 spiro atoms. The largest absolute Gasteiger partial charge is 0.492 e. The first kappa shape index (κ1) is 12.9. The van der Waals surface area contributed by atoms with E-state index in [-0.39, 0.29) is 0 Å². The van der Waals surface area contributed by atoms with Crippen molar-refractivity contribution in [1.82, 2.24) is 0 Å². The molecule has 3 N–H and O–H groups in total. The van der Waals surface area contributed by atoms with E-state index in [2.05, 4.69) is 11.4 Å². The zero-order valence-electron chi connectivity index (χ0n) is 10.5. The van der Waals surface area contributed by atoms with Crippen molar-refractivity contribution >= 4 is 11.4 Å². The molecule has 0 saturated carbocycles. The lowest BCUT2D eigenvalue weighted by atomic mass is 10.2. The van der Waals surface area contributed by atoms with E-state index >= 15 is 0 Å². The van der Waals surface area contributed by atoms with Crippen LogP contribution in [0.2, 0.25) is 0 Å². The Hall–Kier alpha value is -2.51. The summed E-state index contributed by atoms with van der Waals surface area (Å²) in [5.74, 6) is 0.755. The topological polar surface area (TPSA) is 71.1 Å². The van der Waals surface area contributed by atoms with Crippen molar-refractivity contribution in [3.05, 3.63) is 54.1 Å². The molecule has 4 nitrogen and oxygen atoms in total. The van der Waals surface area contributed by atoms with Crippen molar-refractivity contribution in [2.45, 2.75) is 0 Å². The minimum absolute atomic E-state index is 0.481. The van der Waals surface area contributed by atoms with Gasteiger partial charge in [0.2, 0.25) is 0 Å². The molecule has 96 valence electrons. The number of ether oxygens (including phenoxy) is 1. The van der Waals surface area contributed by atoms with Crippen LogP contribution >= 0.6 is 0 Å². The van der Waals surface area contributed by atoms with Crippen LogP contribution in [-0.2, 0) is 0 Å². The van der Waals surface area contributed by atoms with Gasteiger partial charge in [-0.3, -0.25) is 0 Å². The van der Waals surface area contributed by atoms with Crippen LogP contribution in [0.5, 0.6) is 5.75 Å². The van der Waals surface area contributed by atoms with Crippen LogP contribution in [0.25, 0.3) is 0 Å². The fourth-order valence-electron chi connectivity index (χ4n) is 1.69. The highest BCUT2D eigenvalue weighted by Gasteiger charge is 2.02. The molecule has 0 aliphatic rings. The molecule has 19 heavy (non-hydrogen) atoms. The minimum Gasteiger partial charge on any atom is -0.492 e.